The minimum Gasteiger partial charge on any atom is -0.351 e. The van der Waals surface area contributed by atoms with E-state index < -0.39 is 17.4 Å². The van der Waals surface area contributed by atoms with Crippen LogP contribution in [0.4, 0.5) is 10.5 Å². The number of amides is 4. The summed E-state index contributed by atoms with van der Waals surface area (Å²) in [4.78, 5) is 45.5. The monoisotopic (exact) mass is 517 g/mol. The lowest BCUT2D eigenvalue weighted by atomic mass is 9.86. The van der Waals surface area contributed by atoms with Crippen LogP contribution in [0.3, 0.4) is 0 Å². The van der Waals surface area contributed by atoms with Gasteiger partial charge in [0.05, 0.1) is 17.4 Å². The van der Waals surface area contributed by atoms with Gasteiger partial charge in [0.2, 0.25) is 11.8 Å². The van der Waals surface area contributed by atoms with Crippen LogP contribution in [0.5, 0.6) is 0 Å². The summed E-state index contributed by atoms with van der Waals surface area (Å²) >= 11 is 0. The smallest absolute Gasteiger partial charge is 0.315 e. The van der Waals surface area contributed by atoms with Gasteiger partial charge in [-0.2, -0.15) is 0 Å². The average Bonchev–Trinajstić information content (AvgIpc) is 3.44. The van der Waals surface area contributed by atoms with Crippen LogP contribution in [-0.4, -0.2) is 72.5 Å². The fourth-order valence-corrected chi connectivity index (χ4v) is 6.79. The van der Waals surface area contributed by atoms with Crippen molar-refractivity contribution < 1.29 is 14.4 Å². The second-order valence-electron chi connectivity index (χ2n) is 11.4. The first-order valence-corrected chi connectivity index (χ1v) is 13.7. The molecule has 8 heteroatoms. The van der Waals surface area contributed by atoms with Gasteiger partial charge >= 0.3 is 6.03 Å². The van der Waals surface area contributed by atoms with E-state index in [1.807, 2.05) is 85.3 Å². The molecular weight excluding hydrogens is 478 g/mol. The molecule has 0 aliphatic carbocycles. The molecule has 2 fully saturated rings. The molecule has 0 spiro atoms. The van der Waals surface area contributed by atoms with Gasteiger partial charge in [0.25, 0.3) is 0 Å². The summed E-state index contributed by atoms with van der Waals surface area (Å²) in [5.41, 5.74) is 8.35. The molecule has 3 aliphatic rings. The predicted molar refractivity (Wildman–Crippen MR) is 148 cm³/mol. The molecule has 2 aromatic carbocycles. The van der Waals surface area contributed by atoms with Gasteiger partial charge in [-0.05, 0) is 63.8 Å². The number of primary amides is 1. The zero-order valence-electron chi connectivity index (χ0n) is 22.6. The molecule has 202 valence electrons. The minimum atomic E-state index is -0.548. The summed E-state index contributed by atoms with van der Waals surface area (Å²) in [6.07, 6.45) is 2.74. The summed E-state index contributed by atoms with van der Waals surface area (Å²) in [5, 5.41) is 3.32. The fourth-order valence-electron chi connectivity index (χ4n) is 6.79. The number of urea groups is 1. The van der Waals surface area contributed by atoms with Crippen LogP contribution in [0.25, 0.3) is 0 Å². The summed E-state index contributed by atoms with van der Waals surface area (Å²) in [7, 11) is 1.88. The molecule has 0 radical (unpaired) electrons. The molecule has 3 N–H and O–H groups in total. The quantitative estimate of drug-likeness (QED) is 0.616. The molecule has 2 aromatic rings. The van der Waals surface area contributed by atoms with E-state index in [4.69, 9.17) is 5.73 Å². The molecular formula is C30H39N5O3. The summed E-state index contributed by atoms with van der Waals surface area (Å²) < 4.78 is 0. The normalized spacial score (nSPS) is 24.0. The van der Waals surface area contributed by atoms with Crippen molar-refractivity contribution in [1.29, 1.82) is 0 Å². The predicted octanol–water partition coefficient (Wildman–Crippen LogP) is 2.90. The van der Waals surface area contributed by atoms with Crippen LogP contribution in [0, 0.1) is 5.92 Å². The lowest BCUT2D eigenvalue weighted by Gasteiger charge is -2.41. The van der Waals surface area contributed by atoms with Gasteiger partial charge in [-0.15, -0.1) is 0 Å². The third kappa shape index (κ3) is 4.55. The average molecular weight is 518 g/mol. The lowest BCUT2D eigenvalue weighted by molar-refractivity contribution is -0.138. The first-order valence-electron chi connectivity index (χ1n) is 13.7. The number of likely N-dealkylation sites (N-methyl/N-ethyl adjacent to an activating group) is 1. The Hall–Kier alpha value is -3.39. The van der Waals surface area contributed by atoms with Gasteiger partial charge in [0, 0.05) is 37.4 Å². The third-order valence-electron chi connectivity index (χ3n) is 8.87. The molecule has 3 aliphatic heterocycles. The first kappa shape index (κ1) is 26.2. The zero-order chi connectivity index (χ0) is 27.0. The Morgan fingerprint density at radius 1 is 1.00 bits per heavy atom. The molecule has 2 saturated heterocycles. The van der Waals surface area contributed by atoms with Gasteiger partial charge < -0.3 is 25.8 Å². The number of anilines is 1. The Balaban J connectivity index is 1.36. The molecule has 0 aromatic heterocycles. The van der Waals surface area contributed by atoms with Gasteiger partial charge in [-0.3, -0.25) is 9.59 Å². The number of hydrogen-bond acceptors (Lipinski definition) is 4. The Morgan fingerprint density at radius 2 is 1.66 bits per heavy atom. The van der Waals surface area contributed by atoms with Crippen molar-refractivity contribution in [3.8, 4) is 0 Å². The summed E-state index contributed by atoms with van der Waals surface area (Å²) in [6.45, 7) is 5.68. The van der Waals surface area contributed by atoms with Crippen molar-refractivity contribution in [2.45, 2.75) is 63.1 Å². The van der Waals surface area contributed by atoms with Crippen molar-refractivity contribution in [3.63, 3.8) is 0 Å². The zero-order valence-corrected chi connectivity index (χ0v) is 22.6. The number of hydrogen-bond donors (Lipinski definition) is 2. The molecule has 5 rings (SSSR count). The molecule has 0 saturated carbocycles. The highest BCUT2D eigenvalue weighted by molar-refractivity contribution is 6.08. The van der Waals surface area contributed by atoms with E-state index in [-0.39, 0.29) is 29.9 Å². The molecule has 4 amide bonds. The number of benzene rings is 2. The molecule has 38 heavy (non-hydrogen) atoms. The number of carbonyl (C=O) groups excluding carboxylic acids is 3. The van der Waals surface area contributed by atoms with E-state index in [2.05, 4.69) is 5.32 Å². The highest BCUT2D eigenvalue weighted by Crippen LogP contribution is 2.43. The van der Waals surface area contributed by atoms with Crippen molar-refractivity contribution in [2.75, 3.05) is 31.6 Å². The van der Waals surface area contributed by atoms with Gasteiger partial charge in [0.1, 0.15) is 0 Å². The summed E-state index contributed by atoms with van der Waals surface area (Å²) in [5.74, 6) is -0.223. The molecule has 3 atom stereocenters. The molecule has 2 unspecified atom stereocenters. The van der Waals surface area contributed by atoms with E-state index >= 15 is 0 Å². The maximum absolute atomic E-state index is 14.2. The van der Waals surface area contributed by atoms with Crippen molar-refractivity contribution in [2.24, 2.45) is 11.7 Å². The Kier molecular flexibility index (Phi) is 7.18. The first-order chi connectivity index (χ1) is 18.2. The second kappa shape index (κ2) is 10.4. The number of carbonyl (C=O) groups is 3. The maximum Gasteiger partial charge on any atom is 0.315 e. The SMILES string of the molecule is CNC1CCN(C(N)=O)C1[C@H](Cc1ccccc1)C(=O)N1CCC(N2C(=O)C(C)(C)c3ccccc32)CC1. The molecule has 3 heterocycles. The molecule has 8 nitrogen and oxygen atoms in total. The largest absolute Gasteiger partial charge is 0.351 e. The summed E-state index contributed by atoms with van der Waals surface area (Å²) in [6, 6.07) is 17.3. The topological polar surface area (TPSA) is 99.0 Å². The van der Waals surface area contributed by atoms with Crippen LogP contribution in [0.15, 0.2) is 54.6 Å². The highest BCUT2D eigenvalue weighted by atomic mass is 16.2. The number of rotatable bonds is 6. The van der Waals surface area contributed by atoms with Crippen molar-refractivity contribution in [1.82, 2.24) is 15.1 Å². The van der Waals surface area contributed by atoms with Gasteiger partial charge in [-0.25, -0.2) is 4.79 Å². The van der Waals surface area contributed by atoms with Crippen molar-refractivity contribution in [3.05, 3.63) is 65.7 Å². The van der Waals surface area contributed by atoms with Crippen LogP contribution >= 0.6 is 0 Å². The highest BCUT2D eigenvalue weighted by Gasteiger charge is 2.48. The van der Waals surface area contributed by atoms with E-state index in [1.54, 1.807) is 4.90 Å². The van der Waals surface area contributed by atoms with E-state index in [0.29, 0.717) is 26.1 Å². The van der Waals surface area contributed by atoms with Gasteiger partial charge in [-0.1, -0.05) is 48.5 Å². The van der Waals surface area contributed by atoms with Crippen LogP contribution < -0.4 is 16.0 Å². The van der Waals surface area contributed by atoms with E-state index in [0.717, 1.165) is 36.1 Å². The Morgan fingerprint density at radius 3 is 2.32 bits per heavy atom. The molecule has 0 bridgehead atoms. The fraction of sp³-hybridized carbons (Fsp3) is 0.500. The van der Waals surface area contributed by atoms with Crippen LogP contribution in [-0.2, 0) is 21.4 Å². The van der Waals surface area contributed by atoms with Crippen molar-refractivity contribution >= 4 is 23.5 Å². The number of nitrogens with zero attached hydrogens (tertiary/aromatic N) is 3. The number of piperidine rings is 1. The third-order valence-corrected chi connectivity index (χ3v) is 8.87. The second-order valence-corrected chi connectivity index (χ2v) is 11.4. The maximum atomic E-state index is 14.2. The van der Waals surface area contributed by atoms with E-state index in [9.17, 15) is 14.4 Å². The number of likely N-dealkylation sites (tertiary alicyclic amines) is 2. The van der Waals surface area contributed by atoms with Gasteiger partial charge in [0.15, 0.2) is 0 Å². The minimum absolute atomic E-state index is 0.00124. The lowest BCUT2D eigenvalue weighted by Crippen LogP contribution is -2.57. The number of fused-ring (bicyclic) bond motifs is 1. The number of para-hydroxylation sites is 1. The number of nitrogens with one attached hydrogen (secondary N) is 1. The Labute approximate surface area is 225 Å². The standard InChI is InChI=1S/C30H39N5O3/c1-30(2)23-11-7-8-12-25(23)35(28(30)37)21-13-16-33(17-14-21)27(36)22(19-20-9-5-4-6-10-20)26-24(32-3)15-18-34(26)29(31)38/h4-12,21-22,24,26,32H,13-19H2,1-3H3,(H2,31,38)/t22-,24?,26?/m0/s1. The number of nitrogens with two attached hydrogens (primary N) is 1. The van der Waals surface area contributed by atoms with Crippen LogP contribution in [0.2, 0.25) is 0 Å². The van der Waals surface area contributed by atoms with E-state index in [1.165, 1.54) is 0 Å². The van der Waals surface area contributed by atoms with Crippen LogP contribution in [0.1, 0.15) is 44.2 Å². The Bertz CT molecular complexity index is 1190.